The molecule has 1 heterocycles. The predicted molar refractivity (Wildman–Crippen MR) is 132 cm³/mol. The first-order chi connectivity index (χ1) is 16.1. The number of nitrogens with one attached hydrogen (secondary N) is 1. The van der Waals surface area contributed by atoms with Crippen LogP contribution < -0.4 is 15.2 Å². The Bertz CT molecular complexity index is 1390. The van der Waals surface area contributed by atoms with Crippen LogP contribution >= 0.6 is 15.9 Å². The first-order valence-electron chi connectivity index (χ1n) is 10.4. The van der Waals surface area contributed by atoms with Crippen molar-refractivity contribution in [3.05, 3.63) is 112 Å². The Morgan fingerprint density at radius 2 is 1.64 bits per heavy atom. The minimum atomic E-state index is -0.434. The van der Waals surface area contributed by atoms with Crippen LogP contribution in [0, 0.1) is 0 Å². The number of hydrazine groups is 1. The highest BCUT2D eigenvalue weighted by atomic mass is 79.9. The topological polar surface area (TPSA) is 58.6 Å². The zero-order chi connectivity index (χ0) is 22.8. The number of anilines is 1. The first kappa shape index (κ1) is 21.0. The van der Waals surface area contributed by atoms with Gasteiger partial charge in [0.25, 0.3) is 11.8 Å². The standard InChI is InChI=1S/C27H19BrN2O3/c28-24-16-18(15-23-26(31)29-30(27(23)32)21-10-2-1-3-11-21)13-14-25(24)33-17-20-9-6-8-19-7-4-5-12-22(19)20/h1-16H,17H2,(H,29,31)/b23-15-. The molecule has 0 spiro atoms. The van der Waals surface area contributed by atoms with Crippen LogP contribution in [-0.4, -0.2) is 11.8 Å². The van der Waals surface area contributed by atoms with Gasteiger partial charge in [0, 0.05) is 0 Å². The molecule has 5 rings (SSSR count). The summed E-state index contributed by atoms with van der Waals surface area (Å²) in [4.78, 5) is 25.2. The van der Waals surface area contributed by atoms with E-state index in [2.05, 4.69) is 45.6 Å². The quantitative estimate of drug-likeness (QED) is 0.286. The summed E-state index contributed by atoms with van der Waals surface area (Å²) in [6, 6.07) is 28.8. The summed E-state index contributed by atoms with van der Waals surface area (Å²) < 4.78 is 6.79. The number of ether oxygens (including phenoxy) is 1. The Hall–Kier alpha value is -3.90. The summed E-state index contributed by atoms with van der Waals surface area (Å²) in [5.41, 5.74) is 5.11. The van der Waals surface area contributed by atoms with E-state index >= 15 is 0 Å². The molecule has 1 N–H and O–H groups in total. The molecule has 5 nitrogen and oxygen atoms in total. The number of amides is 2. The third kappa shape index (κ3) is 4.25. The number of rotatable bonds is 5. The summed E-state index contributed by atoms with van der Waals surface area (Å²) in [5.74, 6) is -0.145. The molecule has 1 aliphatic heterocycles. The number of halogens is 1. The van der Waals surface area contributed by atoms with Crippen molar-refractivity contribution in [1.82, 2.24) is 5.43 Å². The average Bonchev–Trinajstić information content (AvgIpc) is 3.12. The minimum Gasteiger partial charge on any atom is -0.488 e. The molecule has 1 fully saturated rings. The molecular formula is C27H19BrN2O3. The van der Waals surface area contributed by atoms with E-state index in [9.17, 15) is 9.59 Å². The first-order valence-corrected chi connectivity index (χ1v) is 11.2. The van der Waals surface area contributed by atoms with Gasteiger partial charge in [0.2, 0.25) is 0 Å². The molecule has 0 aliphatic carbocycles. The Balaban J connectivity index is 1.34. The van der Waals surface area contributed by atoms with Crippen LogP contribution in [0.2, 0.25) is 0 Å². The van der Waals surface area contributed by atoms with E-state index in [0.717, 1.165) is 15.4 Å². The number of nitrogens with zero attached hydrogens (tertiary/aromatic N) is 1. The van der Waals surface area contributed by atoms with Crippen molar-refractivity contribution >= 4 is 50.3 Å². The highest BCUT2D eigenvalue weighted by Gasteiger charge is 2.34. The molecule has 0 saturated carbocycles. The molecule has 4 aromatic carbocycles. The van der Waals surface area contributed by atoms with Crippen molar-refractivity contribution in [2.45, 2.75) is 6.61 Å². The van der Waals surface area contributed by atoms with Gasteiger partial charge in [-0.3, -0.25) is 15.0 Å². The largest absolute Gasteiger partial charge is 0.488 e. The third-order valence-electron chi connectivity index (χ3n) is 5.44. The predicted octanol–water partition coefficient (Wildman–Crippen LogP) is 5.64. The van der Waals surface area contributed by atoms with E-state index in [-0.39, 0.29) is 5.57 Å². The fraction of sp³-hybridized carbons (Fsp3) is 0.0370. The fourth-order valence-electron chi connectivity index (χ4n) is 3.78. The molecule has 162 valence electrons. The number of carbonyl (C=O) groups excluding carboxylic acids is 2. The number of para-hydroxylation sites is 1. The number of benzene rings is 4. The maximum absolute atomic E-state index is 12.8. The molecule has 0 unspecified atom stereocenters. The van der Waals surface area contributed by atoms with Crippen LogP contribution in [0.3, 0.4) is 0 Å². The van der Waals surface area contributed by atoms with Crippen molar-refractivity contribution in [3.8, 4) is 5.75 Å². The van der Waals surface area contributed by atoms with E-state index < -0.39 is 11.8 Å². The second kappa shape index (κ2) is 8.92. The lowest BCUT2D eigenvalue weighted by molar-refractivity contribution is -0.117. The highest BCUT2D eigenvalue weighted by Crippen LogP contribution is 2.29. The van der Waals surface area contributed by atoms with Gasteiger partial charge in [-0.1, -0.05) is 66.7 Å². The van der Waals surface area contributed by atoms with E-state index in [4.69, 9.17) is 4.74 Å². The second-order valence-electron chi connectivity index (χ2n) is 7.59. The number of hydrogen-bond acceptors (Lipinski definition) is 3. The number of fused-ring (bicyclic) bond motifs is 1. The SMILES string of the molecule is O=C1NN(c2ccccc2)C(=O)/C1=C\c1ccc(OCc2cccc3ccccc23)c(Br)c1. The molecule has 2 amide bonds. The number of hydrogen-bond donors (Lipinski definition) is 1. The molecule has 33 heavy (non-hydrogen) atoms. The molecule has 6 heteroatoms. The average molecular weight is 499 g/mol. The lowest BCUT2D eigenvalue weighted by Crippen LogP contribution is -2.35. The van der Waals surface area contributed by atoms with E-state index in [1.165, 1.54) is 10.4 Å². The molecule has 0 radical (unpaired) electrons. The van der Waals surface area contributed by atoms with Gasteiger partial charge >= 0.3 is 0 Å². The van der Waals surface area contributed by atoms with Crippen LogP contribution in [0.4, 0.5) is 5.69 Å². The molecule has 0 atom stereocenters. The number of carbonyl (C=O) groups is 2. The van der Waals surface area contributed by atoms with Crippen LogP contribution in [0.15, 0.2) is 101 Å². The van der Waals surface area contributed by atoms with Crippen LogP contribution in [-0.2, 0) is 16.2 Å². The fourth-order valence-corrected chi connectivity index (χ4v) is 4.29. The third-order valence-corrected chi connectivity index (χ3v) is 6.06. The highest BCUT2D eigenvalue weighted by molar-refractivity contribution is 9.10. The molecule has 0 bridgehead atoms. The van der Waals surface area contributed by atoms with Gasteiger partial charge < -0.3 is 4.74 Å². The summed E-state index contributed by atoms with van der Waals surface area (Å²) in [7, 11) is 0. The van der Waals surface area contributed by atoms with Crippen LogP contribution in [0.1, 0.15) is 11.1 Å². The Morgan fingerprint density at radius 3 is 2.45 bits per heavy atom. The monoisotopic (exact) mass is 498 g/mol. The van der Waals surface area contributed by atoms with Gasteiger partial charge in [-0.2, -0.15) is 0 Å². The van der Waals surface area contributed by atoms with Gasteiger partial charge in [-0.05, 0) is 68.2 Å². The normalized spacial score (nSPS) is 14.7. The lowest BCUT2D eigenvalue weighted by atomic mass is 10.1. The molecule has 1 saturated heterocycles. The second-order valence-corrected chi connectivity index (χ2v) is 8.45. The van der Waals surface area contributed by atoms with E-state index in [1.54, 1.807) is 18.2 Å². The van der Waals surface area contributed by atoms with Crippen molar-refractivity contribution in [3.63, 3.8) is 0 Å². The van der Waals surface area contributed by atoms with Crippen molar-refractivity contribution in [2.24, 2.45) is 0 Å². The molecule has 0 aromatic heterocycles. The summed E-state index contributed by atoms with van der Waals surface area (Å²) >= 11 is 3.55. The summed E-state index contributed by atoms with van der Waals surface area (Å²) in [5, 5.41) is 3.58. The Kier molecular flexibility index (Phi) is 5.67. The van der Waals surface area contributed by atoms with Gasteiger partial charge in [0.1, 0.15) is 17.9 Å². The van der Waals surface area contributed by atoms with Crippen LogP contribution in [0.5, 0.6) is 5.75 Å². The zero-order valence-corrected chi connectivity index (χ0v) is 19.1. The van der Waals surface area contributed by atoms with Gasteiger partial charge in [-0.15, -0.1) is 0 Å². The van der Waals surface area contributed by atoms with Crippen molar-refractivity contribution in [1.29, 1.82) is 0 Å². The Labute approximate surface area is 199 Å². The zero-order valence-electron chi connectivity index (χ0n) is 17.5. The van der Waals surface area contributed by atoms with Gasteiger partial charge in [0.15, 0.2) is 0 Å². The lowest BCUT2D eigenvalue weighted by Gasteiger charge is -2.13. The summed E-state index contributed by atoms with van der Waals surface area (Å²) in [6.45, 7) is 0.424. The Morgan fingerprint density at radius 1 is 0.879 bits per heavy atom. The van der Waals surface area contributed by atoms with Crippen molar-refractivity contribution in [2.75, 3.05) is 5.01 Å². The minimum absolute atomic E-state index is 0.0789. The molecular weight excluding hydrogens is 480 g/mol. The maximum Gasteiger partial charge on any atom is 0.282 e. The van der Waals surface area contributed by atoms with Gasteiger partial charge in [-0.25, -0.2) is 5.01 Å². The van der Waals surface area contributed by atoms with E-state index in [0.29, 0.717) is 23.6 Å². The molecule has 4 aromatic rings. The van der Waals surface area contributed by atoms with Gasteiger partial charge in [0.05, 0.1) is 10.2 Å². The summed E-state index contributed by atoms with van der Waals surface area (Å²) in [6.07, 6.45) is 1.58. The molecule has 1 aliphatic rings. The maximum atomic E-state index is 12.8. The smallest absolute Gasteiger partial charge is 0.282 e. The van der Waals surface area contributed by atoms with Crippen LogP contribution in [0.25, 0.3) is 16.8 Å². The van der Waals surface area contributed by atoms with Crippen molar-refractivity contribution < 1.29 is 14.3 Å². The van der Waals surface area contributed by atoms with E-state index in [1.807, 2.05) is 54.6 Å².